The monoisotopic (exact) mass is 110 g/mol. The van der Waals surface area contributed by atoms with Crippen LogP contribution < -0.4 is 0 Å². The van der Waals surface area contributed by atoms with E-state index >= 15 is 0 Å². The molecule has 0 bridgehead atoms. The Hall–Kier alpha value is -0.560. The zero-order valence-corrected chi connectivity index (χ0v) is 4.96. The van der Waals surface area contributed by atoms with Crippen molar-refractivity contribution in [3.63, 3.8) is 0 Å². The van der Waals surface area contributed by atoms with Crippen molar-refractivity contribution in [2.75, 3.05) is 6.61 Å². The van der Waals surface area contributed by atoms with E-state index in [1.807, 2.05) is 12.2 Å². The van der Waals surface area contributed by atoms with Crippen molar-refractivity contribution in [1.29, 1.82) is 0 Å². The molecule has 0 saturated carbocycles. The summed E-state index contributed by atoms with van der Waals surface area (Å²) < 4.78 is 0. The Morgan fingerprint density at radius 3 is 2.75 bits per heavy atom. The summed E-state index contributed by atoms with van der Waals surface area (Å²) in [7, 11) is 0. The Morgan fingerprint density at radius 1 is 1.75 bits per heavy atom. The van der Waals surface area contributed by atoms with Crippen LogP contribution in [0.15, 0.2) is 23.8 Å². The van der Waals surface area contributed by atoms with Gasteiger partial charge in [-0.3, -0.25) is 0 Å². The first-order valence-corrected chi connectivity index (χ1v) is 2.82. The summed E-state index contributed by atoms with van der Waals surface area (Å²) in [5.41, 5.74) is 1.12. The van der Waals surface area contributed by atoms with Crippen LogP contribution in [0.5, 0.6) is 0 Å². The number of hydrogen-bond acceptors (Lipinski definition) is 1. The van der Waals surface area contributed by atoms with Crippen LogP contribution in [0, 0.1) is 5.92 Å². The van der Waals surface area contributed by atoms with E-state index in [4.69, 9.17) is 5.11 Å². The first-order valence-electron chi connectivity index (χ1n) is 2.82. The lowest BCUT2D eigenvalue weighted by Crippen LogP contribution is -1.95. The maximum atomic E-state index is 8.63. The third-order valence-electron chi connectivity index (χ3n) is 1.48. The van der Waals surface area contributed by atoms with Crippen molar-refractivity contribution >= 4 is 0 Å². The molecule has 0 aromatic heterocycles. The molecule has 0 spiro atoms. The van der Waals surface area contributed by atoms with Crippen molar-refractivity contribution in [2.24, 2.45) is 5.92 Å². The fourth-order valence-corrected chi connectivity index (χ4v) is 0.818. The van der Waals surface area contributed by atoms with Crippen molar-refractivity contribution in [3.05, 3.63) is 23.8 Å². The first-order chi connectivity index (χ1) is 3.84. The van der Waals surface area contributed by atoms with Gasteiger partial charge in [-0.15, -0.1) is 0 Å². The molecule has 0 aromatic carbocycles. The topological polar surface area (TPSA) is 20.2 Å². The summed E-state index contributed by atoms with van der Waals surface area (Å²) in [6.45, 7) is 2.28. The predicted molar refractivity (Wildman–Crippen MR) is 33.5 cm³/mol. The molecule has 0 heterocycles. The van der Waals surface area contributed by atoms with Crippen molar-refractivity contribution in [3.8, 4) is 0 Å². The molecule has 0 aromatic rings. The Kier molecular flexibility index (Phi) is 1.49. The van der Waals surface area contributed by atoms with Gasteiger partial charge < -0.3 is 5.11 Å². The van der Waals surface area contributed by atoms with Crippen LogP contribution in [0.2, 0.25) is 0 Å². The number of rotatable bonds is 1. The summed E-state index contributed by atoms with van der Waals surface area (Å²) in [6.07, 6.45) is 6.02. The minimum atomic E-state index is 0.203. The van der Waals surface area contributed by atoms with Crippen LogP contribution in [-0.2, 0) is 0 Å². The van der Waals surface area contributed by atoms with Crippen LogP contribution in [0.1, 0.15) is 6.92 Å². The van der Waals surface area contributed by atoms with E-state index in [1.54, 1.807) is 0 Å². The molecule has 8 heavy (non-hydrogen) atoms. The summed E-state index contributed by atoms with van der Waals surface area (Å²) in [5.74, 6) is 0.458. The molecule has 0 fully saturated rings. The van der Waals surface area contributed by atoms with E-state index in [0.29, 0.717) is 5.92 Å². The van der Waals surface area contributed by atoms with Crippen molar-refractivity contribution in [1.82, 2.24) is 0 Å². The van der Waals surface area contributed by atoms with Crippen LogP contribution in [0.25, 0.3) is 0 Å². The van der Waals surface area contributed by atoms with Gasteiger partial charge in [0, 0.05) is 0 Å². The van der Waals surface area contributed by atoms with Gasteiger partial charge in [-0.25, -0.2) is 0 Å². The van der Waals surface area contributed by atoms with E-state index in [2.05, 4.69) is 13.0 Å². The molecule has 1 heteroatoms. The molecule has 44 valence electrons. The van der Waals surface area contributed by atoms with E-state index in [-0.39, 0.29) is 6.61 Å². The molecule has 1 aliphatic rings. The third kappa shape index (κ3) is 0.819. The third-order valence-corrected chi connectivity index (χ3v) is 1.48. The van der Waals surface area contributed by atoms with Gasteiger partial charge in [0.05, 0.1) is 6.61 Å². The second-order valence-corrected chi connectivity index (χ2v) is 2.07. The lowest BCUT2D eigenvalue weighted by molar-refractivity contribution is 0.322. The van der Waals surface area contributed by atoms with Gasteiger partial charge >= 0.3 is 0 Å². The summed E-state index contributed by atoms with van der Waals surface area (Å²) in [5, 5.41) is 8.63. The molecular weight excluding hydrogens is 100 g/mol. The molecule has 1 N–H and O–H groups in total. The number of hydrogen-bond donors (Lipinski definition) is 1. The average Bonchev–Trinajstić information content (AvgIpc) is 2.14. The highest BCUT2D eigenvalue weighted by Gasteiger charge is 2.05. The largest absolute Gasteiger partial charge is 0.392 e. The molecule has 0 amide bonds. The standard InChI is InChI=1S/C7H10O/c1-6-3-2-4-7(6)5-8/h2-4,6,8H,5H2,1H3/t6-/m1/s1. The van der Waals surface area contributed by atoms with E-state index in [1.165, 1.54) is 0 Å². The van der Waals surface area contributed by atoms with Crippen LogP contribution in [0.4, 0.5) is 0 Å². The number of aliphatic hydroxyl groups is 1. The van der Waals surface area contributed by atoms with Crippen molar-refractivity contribution in [2.45, 2.75) is 6.92 Å². The number of allylic oxidation sites excluding steroid dienone is 3. The molecule has 1 atom stereocenters. The maximum Gasteiger partial charge on any atom is 0.0650 e. The SMILES string of the molecule is C[C@@H]1C=CC=C1CO. The van der Waals surface area contributed by atoms with Gasteiger partial charge in [0.1, 0.15) is 0 Å². The molecule has 0 saturated heterocycles. The van der Waals surface area contributed by atoms with Crippen LogP contribution in [0.3, 0.4) is 0 Å². The van der Waals surface area contributed by atoms with Crippen molar-refractivity contribution < 1.29 is 5.11 Å². The summed E-state index contributed by atoms with van der Waals surface area (Å²) >= 11 is 0. The molecule has 1 nitrogen and oxygen atoms in total. The number of aliphatic hydroxyl groups excluding tert-OH is 1. The molecule has 1 aliphatic carbocycles. The smallest absolute Gasteiger partial charge is 0.0650 e. The highest BCUT2D eigenvalue weighted by atomic mass is 16.3. The maximum absolute atomic E-state index is 8.63. The minimum Gasteiger partial charge on any atom is -0.392 e. The van der Waals surface area contributed by atoms with Gasteiger partial charge in [-0.2, -0.15) is 0 Å². The van der Waals surface area contributed by atoms with Gasteiger partial charge in [0.2, 0.25) is 0 Å². The molecule has 0 unspecified atom stereocenters. The fourth-order valence-electron chi connectivity index (χ4n) is 0.818. The van der Waals surface area contributed by atoms with Gasteiger partial charge in [0.25, 0.3) is 0 Å². The Morgan fingerprint density at radius 2 is 2.50 bits per heavy atom. The minimum absolute atomic E-state index is 0.203. The molecule has 0 aliphatic heterocycles. The highest BCUT2D eigenvalue weighted by Crippen LogP contribution is 2.16. The Bertz CT molecular complexity index is 133. The van der Waals surface area contributed by atoms with Gasteiger partial charge in [-0.1, -0.05) is 25.2 Å². The van der Waals surface area contributed by atoms with Crippen LogP contribution >= 0.6 is 0 Å². The Balaban J connectivity index is 2.59. The van der Waals surface area contributed by atoms with E-state index in [9.17, 15) is 0 Å². The van der Waals surface area contributed by atoms with Crippen LogP contribution in [-0.4, -0.2) is 11.7 Å². The first kappa shape index (κ1) is 5.57. The lowest BCUT2D eigenvalue weighted by atomic mass is 10.1. The zero-order valence-electron chi connectivity index (χ0n) is 4.96. The summed E-state index contributed by atoms with van der Waals surface area (Å²) in [6, 6.07) is 0. The second kappa shape index (κ2) is 2.14. The Labute approximate surface area is 49.3 Å². The van der Waals surface area contributed by atoms with E-state index < -0.39 is 0 Å². The van der Waals surface area contributed by atoms with E-state index in [0.717, 1.165) is 5.57 Å². The fraction of sp³-hybridized carbons (Fsp3) is 0.429. The molecule has 0 radical (unpaired) electrons. The lowest BCUT2D eigenvalue weighted by Gasteiger charge is -2.01. The van der Waals surface area contributed by atoms with Gasteiger partial charge in [0.15, 0.2) is 0 Å². The quantitative estimate of drug-likeness (QED) is 0.536. The second-order valence-electron chi connectivity index (χ2n) is 2.07. The van der Waals surface area contributed by atoms with Gasteiger partial charge in [-0.05, 0) is 11.5 Å². The molecular formula is C7H10O. The summed E-state index contributed by atoms with van der Waals surface area (Å²) in [4.78, 5) is 0. The highest BCUT2D eigenvalue weighted by molar-refractivity contribution is 5.26. The zero-order chi connectivity index (χ0) is 5.98. The average molecular weight is 110 g/mol. The predicted octanol–water partition coefficient (Wildman–Crippen LogP) is 1.11. The normalized spacial score (nSPS) is 26.2. The molecule has 1 rings (SSSR count).